The fourth-order valence-corrected chi connectivity index (χ4v) is 1.88. The molecule has 0 atom stereocenters. The van der Waals surface area contributed by atoms with Crippen LogP contribution in [0.4, 0.5) is 0 Å². The molecular weight excluding hydrogens is 318 g/mol. The summed E-state index contributed by atoms with van der Waals surface area (Å²) >= 11 is 0. The summed E-state index contributed by atoms with van der Waals surface area (Å²) in [4.78, 5) is 25.7. The van der Waals surface area contributed by atoms with Crippen molar-refractivity contribution in [3.05, 3.63) is 40.0 Å². The minimum absolute atomic E-state index is 0.0286. The van der Waals surface area contributed by atoms with Crippen molar-refractivity contribution in [1.82, 2.24) is 0 Å². The van der Waals surface area contributed by atoms with Crippen LogP contribution in [0.1, 0.15) is 31.2 Å². The van der Waals surface area contributed by atoms with E-state index in [1.165, 1.54) is 19.3 Å². The van der Waals surface area contributed by atoms with E-state index in [-0.39, 0.29) is 19.0 Å². The number of phenolic OH excluding ortho intramolecular Hbond substituents is 1. The van der Waals surface area contributed by atoms with Crippen LogP contribution >= 0.6 is 0 Å². The van der Waals surface area contributed by atoms with Gasteiger partial charge in [-0.1, -0.05) is 12.5 Å². The second-order valence-corrected chi connectivity index (χ2v) is 4.90. The van der Waals surface area contributed by atoms with Crippen LogP contribution in [-0.4, -0.2) is 36.5 Å². The molecule has 8 nitrogen and oxygen atoms in total. The molecule has 0 heterocycles. The number of phenols is 1. The number of carbonyl (C=O) groups is 1. The van der Waals surface area contributed by atoms with Crippen LogP contribution in [0.2, 0.25) is 0 Å². The summed E-state index contributed by atoms with van der Waals surface area (Å²) in [6, 6.07) is 4.73. The Balaban J connectivity index is 2.18. The van der Waals surface area contributed by atoms with E-state index < -0.39 is 11.1 Å². The summed E-state index contributed by atoms with van der Waals surface area (Å²) in [5, 5.41) is 18.6. The van der Waals surface area contributed by atoms with Crippen molar-refractivity contribution < 1.29 is 29.3 Å². The predicted molar refractivity (Wildman–Crippen MR) is 86.1 cm³/mol. The van der Waals surface area contributed by atoms with Gasteiger partial charge in [0.05, 0.1) is 20.3 Å². The third-order valence-electron chi connectivity index (χ3n) is 3.10. The lowest BCUT2D eigenvalue weighted by atomic mass is 10.2. The van der Waals surface area contributed by atoms with Crippen LogP contribution < -0.4 is 4.74 Å². The highest BCUT2D eigenvalue weighted by molar-refractivity contribution is 5.87. The Bertz CT molecular complexity index is 572. The first-order valence-corrected chi connectivity index (χ1v) is 7.52. The van der Waals surface area contributed by atoms with E-state index in [0.29, 0.717) is 24.2 Å². The molecule has 24 heavy (non-hydrogen) atoms. The zero-order valence-corrected chi connectivity index (χ0v) is 13.5. The van der Waals surface area contributed by atoms with Gasteiger partial charge in [-0.25, -0.2) is 4.79 Å². The van der Waals surface area contributed by atoms with Crippen molar-refractivity contribution in [1.29, 1.82) is 0 Å². The van der Waals surface area contributed by atoms with Gasteiger partial charge in [0, 0.05) is 6.08 Å². The van der Waals surface area contributed by atoms with Crippen LogP contribution in [0.15, 0.2) is 24.3 Å². The fourth-order valence-electron chi connectivity index (χ4n) is 1.88. The van der Waals surface area contributed by atoms with Crippen LogP contribution in [-0.2, 0) is 14.4 Å². The van der Waals surface area contributed by atoms with Crippen molar-refractivity contribution >= 4 is 12.0 Å². The smallest absolute Gasteiger partial charge is 0.330 e. The number of carbonyl (C=O) groups excluding carboxylic acids is 1. The Morgan fingerprint density at radius 1 is 1.25 bits per heavy atom. The molecule has 0 aliphatic heterocycles. The molecule has 0 aromatic heterocycles. The average molecular weight is 339 g/mol. The van der Waals surface area contributed by atoms with Gasteiger partial charge in [-0.2, -0.15) is 0 Å². The first-order chi connectivity index (χ1) is 11.5. The Morgan fingerprint density at radius 3 is 2.62 bits per heavy atom. The van der Waals surface area contributed by atoms with E-state index in [0.717, 1.165) is 12.8 Å². The molecule has 1 aromatic carbocycles. The number of hydrogen-bond acceptors (Lipinski definition) is 7. The SMILES string of the molecule is COc1cc(/C=C/C(=O)OCCCCCCO[N+](=O)[O-])ccc1O. The Labute approximate surface area is 139 Å². The topological polar surface area (TPSA) is 108 Å². The molecule has 0 aliphatic rings. The number of esters is 1. The highest BCUT2D eigenvalue weighted by atomic mass is 16.9. The highest BCUT2D eigenvalue weighted by Gasteiger charge is 2.02. The quantitative estimate of drug-likeness (QED) is 0.217. The molecule has 1 N–H and O–H groups in total. The van der Waals surface area contributed by atoms with E-state index in [4.69, 9.17) is 9.47 Å². The molecule has 0 bridgehead atoms. The second kappa shape index (κ2) is 10.9. The number of rotatable bonds is 11. The maximum absolute atomic E-state index is 11.6. The minimum atomic E-state index is -0.808. The van der Waals surface area contributed by atoms with Gasteiger partial charge in [0.15, 0.2) is 11.5 Å². The highest BCUT2D eigenvalue weighted by Crippen LogP contribution is 2.26. The maximum Gasteiger partial charge on any atom is 0.330 e. The van der Waals surface area contributed by atoms with Gasteiger partial charge in [0.25, 0.3) is 5.09 Å². The van der Waals surface area contributed by atoms with Crippen molar-refractivity contribution in [2.45, 2.75) is 25.7 Å². The molecule has 8 heteroatoms. The van der Waals surface area contributed by atoms with Crippen LogP contribution in [0.5, 0.6) is 11.5 Å². The Hall–Kier alpha value is -2.77. The molecule has 0 unspecified atom stereocenters. The van der Waals surface area contributed by atoms with Gasteiger partial charge in [0.1, 0.15) is 0 Å². The Morgan fingerprint density at radius 2 is 1.96 bits per heavy atom. The van der Waals surface area contributed by atoms with Gasteiger partial charge < -0.3 is 19.4 Å². The summed E-state index contributed by atoms with van der Waals surface area (Å²) < 4.78 is 10.0. The molecule has 1 aromatic rings. The fraction of sp³-hybridized carbons (Fsp3) is 0.438. The van der Waals surface area contributed by atoms with E-state index in [1.54, 1.807) is 18.2 Å². The van der Waals surface area contributed by atoms with Crippen LogP contribution in [0.3, 0.4) is 0 Å². The summed E-state index contributed by atoms with van der Waals surface area (Å²) in [6.07, 6.45) is 5.72. The van der Waals surface area contributed by atoms with Crippen molar-refractivity contribution in [2.24, 2.45) is 0 Å². The minimum Gasteiger partial charge on any atom is -0.504 e. The van der Waals surface area contributed by atoms with Crippen LogP contribution in [0, 0.1) is 10.1 Å². The van der Waals surface area contributed by atoms with Gasteiger partial charge in [-0.3, -0.25) is 0 Å². The third-order valence-corrected chi connectivity index (χ3v) is 3.10. The normalized spacial score (nSPS) is 10.5. The van der Waals surface area contributed by atoms with Crippen molar-refractivity contribution in [3.63, 3.8) is 0 Å². The Kier molecular flexibility index (Phi) is 8.73. The molecule has 0 fully saturated rings. The average Bonchev–Trinajstić information content (AvgIpc) is 2.56. The first kappa shape index (κ1) is 19.3. The lowest BCUT2D eigenvalue weighted by Crippen LogP contribution is -2.03. The van der Waals surface area contributed by atoms with Crippen LogP contribution in [0.25, 0.3) is 6.08 Å². The zero-order valence-electron chi connectivity index (χ0n) is 13.5. The molecule has 0 saturated heterocycles. The molecule has 0 amide bonds. The standard InChI is InChI=1S/C16H21NO7/c1-22-15-12-13(6-8-14(15)18)7-9-16(19)23-10-4-2-3-5-11-24-17(20)21/h6-9,12,18H,2-5,10-11H2,1H3/b9-7+. The van der Waals surface area contributed by atoms with Crippen molar-refractivity contribution in [3.8, 4) is 11.5 Å². The van der Waals surface area contributed by atoms with Gasteiger partial charge in [-0.15, -0.1) is 10.1 Å². The lowest BCUT2D eigenvalue weighted by Gasteiger charge is -2.04. The van der Waals surface area contributed by atoms with E-state index in [1.807, 2.05) is 0 Å². The van der Waals surface area contributed by atoms with Crippen molar-refractivity contribution in [2.75, 3.05) is 20.3 Å². The number of methoxy groups -OCH3 is 1. The summed E-state index contributed by atoms with van der Waals surface area (Å²) in [6.45, 7) is 0.379. The third kappa shape index (κ3) is 8.02. The molecule has 0 aliphatic carbocycles. The molecule has 0 spiro atoms. The lowest BCUT2D eigenvalue weighted by molar-refractivity contribution is -0.757. The monoisotopic (exact) mass is 339 g/mol. The summed E-state index contributed by atoms with van der Waals surface area (Å²) in [7, 11) is 1.44. The van der Waals surface area contributed by atoms with Gasteiger partial charge in [-0.05, 0) is 43.0 Å². The molecule has 0 saturated carbocycles. The number of unbranched alkanes of at least 4 members (excludes halogenated alkanes) is 3. The van der Waals surface area contributed by atoms with E-state index in [9.17, 15) is 20.0 Å². The molecular formula is C16H21NO7. The maximum atomic E-state index is 11.6. The number of aromatic hydroxyl groups is 1. The number of nitrogens with zero attached hydrogens (tertiary/aromatic N) is 1. The molecule has 132 valence electrons. The number of benzene rings is 1. The predicted octanol–water partition coefficient (Wildman–Crippen LogP) is 2.73. The second-order valence-electron chi connectivity index (χ2n) is 4.90. The van der Waals surface area contributed by atoms with E-state index in [2.05, 4.69) is 4.84 Å². The number of hydrogen-bond donors (Lipinski definition) is 1. The van der Waals surface area contributed by atoms with Gasteiger partial charge >= 0.3 is 5.97 Å². The van der Waals surface area contributed by atoms with Gasteiger partial charge in [0.2, 0.25) is 0 Å². The number of ether oxygens (including phenoxy) is 2. The largest absolute Gasteiger partial charge is 0.504 e. The van der Waals surface area contributed by atoms with E-state index >= 15 is 0 Å². The molecule has 0 radical (unpaired) electrons. The summed E-state index contributed by atoms with van der Waals surface area (Å²) in [5.74, 6) is -0.105. The molecule has 1 rings (SSSR count). The summed E-state index contributed by atoms with van der Waals surface area (Å²) in [5.41, 5.74) is 0.701. The first-order valence-electron chi connectivity index (χ1n) is 7.52. The zero-order chi connectivity index (χ0) is 17.8.